The molecule has 25 heavy (non-hydrogen) atoms. The van der Waals surface area contributed by atoms with Gasteiger partial charge in [0.1, 0.15) is 5.82 Å². The maximum atomic E-state index is 12.7. The third-order valence-electron chi connectivity index (χ3n) is 3.72. The Morgan fingerprint density at radius 3 is 2.64 bits per heavy atom. The van der Waals surface area contributed by atoms with E-state index in [1.165, 1.54) is 10.7 Å². The molecule has 9 heteroatoms. The molecule has 3 aromatic heterocycles. The molecule has 0 atom stereocenters. The lowest BCUT2D eigenvalue weighted by Gasteiger charge is -2.09. The Morgan fingerprint density at radius 2 is 1.92 bits per heavy atom. The second kappa shape index (κ2) is 5.71. The molecule has 2 N–H and O–H groups in total. The van der Waals surface area contributed by atoms with Gasteiger partial charge in [-0.15, -0.1) is 0 Å². The molecule has 0 saturated heterocycles. The van der Waals surface area contributed by atoms with E-state index in [9.17, 15) is 8.42 Å². The van der Waals surface area contributed by atoms with Crippen molar-refractivity contribution in [1.29, 1.82) is 0 Å². The standard InChI is InChI=1S/C16H14N6O2S/c1-11-8-16-17-7-6-15(22(16)20-11)21-25(23,24)14-4-2-12(3-5-14)13-9-18-19-10-13/h2-10,21H,1H3,(H,18,19). The molecule has 0 aliphatic heterocycles. The fraction of sp³-hybridized carbons (Fsp3) is 0.0625. The van der Waals surface area contributed by atoms with Gasteiger partial charge in [-0.3, -0.25) is 9.82 Å². The zero-order valence-electron chi connectivity index (χ0n) is 13.2. The number of nitrogens with zero attached hydrogens (tertiary/aromatic N) is 4. The van der Waals surface area contributed by atoms with Crippen LogP contribution in [0.1, 0.15) is 5.69 Å². The molecule has 0 spiro atoms. The molecule has 0 amide bonds. The number of sulfonamides is 1. The summed E-state index contributed by atoms with van der Waals surface area (Å²) in [7, 11) is -3.74. The van der Waals surface area contributed by atoms with Crippen LogP contribution in [-0.2, 0) is 10.0 Å². The summed E-state index contributed by atoms with van der Waals surface area (Å²) in [4.78, 5) is 4.32. The van der Waals surface area contributed by atoms with E-state index in [4.69, 9.17) is 0 Å². The van der Waals surface area contributed by atoms with Crippen molar-refractivity contribution in [2.45, 2.75) is 11.8 Å². The fourth-order valence-corrected chi connectivity index (χ4v) is 3.56. The van der Waals surface area contributed by atoms with Crippen LogP contribution in [0.4, 0.5) is 5.82 Å². The number of nitrogens with one attached hydrogen (secondary N) is 2. The second-order valence-corrected chi connectivity index (χ2v) is 7.19. The Kier molecular flexibility index (Phi) is 3.50. The summed E-state index contributed by atoms with van der Waals surface area (Å²) in [5.41, 5.74) is 3.10. The van der Waals surface area contributed by atoms with Gasteiger partial charge in [-0.05, 0) is 30.7 Å². The number of benzene rings is 1. The Morgan fingerprint density at radius 1 is 1.12 bits per heavy atom. The Labute approximate surface area is 143 Å². The summed E-state index contributed by atoms with van der Waals surface area (Å²) in [6, 6.07) is 9.92. The zero-order chi connectivity index (χ0) is 17.4. The summed E-state index contributed by atoms with van der Waals surface area (Å²) in [5.74, 6) is 0.331. The lowest BCUT2D eigenvalue weighted by atomic mass is 10.1. The van der Waals surface area contributed by atoms with E-state index in [2.05, 4.69) is 25.0 Å². The molecule has 0 aliphatic carbocycles. The van der Waals surface area contributed by atoms with Gasteiger partial charge < -0.3 is 0 Å². The lowest BCUT2D eigenvalue weighted by molar-refractivity contribution is 0.600. The molecule has 0 fully saturated rings. The van der Waals surface area contributed by atoms with E-state index in [0.717, 1.165) is 16.8 Å². The largest absolute Gasteiger partial charge is 0.285 e. The highest BCUT2D eigenvalue weighted by Gasteiger charge is 2.16. The first-order valence-corrected chi connectivity index (χ1v) is 8.95. The average Bonchev–Trinajstić information content (AvgIpc) is 3.24. The Hall–Kier alpha value is -3.20. The third kappa shape index (κ3) is 2.85. The van der Waals surface area contributed by atoms with Crippen LogP contribution in [0.2, 0.25) is 0 Å². The molecule has 0 aliphatic rings. The number of hydrogen-bond acceptors (Lipinski definition) is 5. The lowest BCUT2D eigenvalue weighted by Crippen LogP contribution is -2.15. The minimum atomic E-state index is -3.74. The van der Waals surface area contributed by atoms with Gasteiger partial charge in [0, 0.05) is 24.0 Å². The molecule has 0 radical (unpaired) electrons. The second-order valence-electron chi connectivity index (χ2n) is 5.50. The van der Waals surface area contributed by atoms with Crippen molar-refractivity contribution in [3.05, 3.63) is 60.7 Å². The van der Waals surface area contributed by atoms with Crippen LogP contribution in [0.15, 0.2) is 59.9 Å². The first kappa shape index (κ1) is 15.3. The van der Waals surface area contributed by atoms with Crippen LogP contribution in [-0.4, -0.2) is 33.2 Å². The van der Waals surface area contributed by atoms with Crippen molar-refractivity contribution in [2.75, 3.05) is 4.72 Å². The monoisotopic (exact) mass is 354 g/mol. The van der Waals surface area contributed by atoms with Gasteiger partial charge in [0.2, 0.25) is 0 Å². The van der Waals surface area contributed by atoms with Crippen molar-refractivity contribution < 1.29 is 8.42 Å². The zero-order valence-corrected chi connectivity index (χ0v) is 14.0. The van der Waals surface area contributed by atoms with E-state index in [0.29, 0.717) is 11.5 Å². The van der Waals surface area contributed by atoms with Crippen molar-refractivity contribution in [1.82, 2.24) is 24.8 Å². The minimum absolute atomic E-state index is 0.161. The van der Waals surface area contributed by atoms with Crippen LogP contribution < -0.4 is 4.72 Å². The van der Waals surface area contributed by atoms with Gasteiger partial charge in [-0.25, -0.2) is 13.4 Å². The highest BCUT2D eigenvalue weighted by Crippen LogP contribution is 2.22. The van der Waals surface area contributed by atoms with E-state index < -0.39 is 10.0 Å². The molecular formula is C16H14N6O2S. The molecule has 4 rings (SSSR count). The molecule has 0 bridgehead atoms. The summed E-state index contributed by atoms with van der Waals surface area (Å²) in [6.45, 7) is 1.82. The van der Waals surface area contributed by atoms with Gasteiger partial charge in [0.25, 0.3) is 10.0 Å². The highest BCUT2D eigenvalue weighted by molar-refractivity contribution is 7.92. The molecule has 0 saturated carbocycles. The third-order valence-corrected chi connectivity index (χ3v) is 5.09. The topological polar surface area (TPSA) is 105 Å². The Balaban J connectivity index is 1.67. The predicted octanol–water partition coefficient (Wildman–Crippen LogP) is 2.23. The smallest absolute Gasteiger partial charge is 0.263 e. The maximum absolute atomic E-state index is 12.7. The number of aryl methyl sites for hydroxylation is 1. The van der Waals surface area contributed by atoms with Crippen LogP contribution in [0.5, 0.6) is 0 Å². The predicted molar refractivity (Wildman–Crippen MR) is 92.6 cm³/mol. The number of H-pyrrole nitrogens is 1. The molecular weight excluding hydrogens is 340 g/mol. The molecule has 4 aromatic rings. The highest BCUT2D eigenvalue weighted by atomic mass is 32.2. The van der Waals surface area contributed by atoms with E-state index in [1.807, 2.05) is 6.92 Å². The Bertz CT molecular complexity index is 1130. The number of rotatable bonds is 4. The summed E-state index contributed by atoms with van der Waals surface area (Å²) < 4.78 is 29.3. The quantitative estimate of drug-likeness (QED) is 0.585. The van der Waals surface area contributed by atoms with Crippen molar-refractivity contribution in [3.63, 3.8) is 0 Å². The molecule has 1 aromatic carbocycles. The number of hydrogen-bond donors (Lipinski definition) is 2. The first-order valence-electron chi connectivity index (χ1n) is 7.46. The first-order chi connectivity index (χ1) is 12.0. The van der Waals surface area contributed by atoms with Crippen LogP contribution in [0.3, 0.4) is 0 Å². The average molecular weight is 354 g/mol. The summed E-state index contributed by atoms with van der Waals surface area (Å²) in [6.07, 6.45) is 4.96. The van der Waals surface area contributed by atoms with Gasteiger partial charge in [-0.2, -0.15) is 14.7 Å². The normalized spacial score (nSPS) is 11.7. The van der Waals surface area contributed by atoms with Crippen LogP contribution >= 0.6 is 0 Å². The van der Waals surface area contributed by atoms with Crippen LogP contribution in [0.25, 0.3) is 16.8 Å². The van der Waals surface area contributed by atoms with Gasteiger partial charge in [0.05, 0.1) is 16.8 Å². The molecule has 126 valence electrons. The number of aromatic amines is 1. The van der Waals surface area contributed by atoms with Crippen molar-refractivity contribution >= 4 is 21.5 Å². The SMILES string of the molecule is Cc1cc2nccc(NS(=O)(=O)c3ccc(-c4cn[nH]c4)cc3)n2n1. The van der Waals surface area contributed by atoms with E-state index in [1.54, 1.807) is 48.8 Å². The maximum Gasteiger partial charge on any atom is 0.263 e. The minimum Gasteiger partial charge on any atom is -0.285 e. The number of aromatic nitrogens is 5. The van der Waals surface area contributed by atoms with E-state index >= 15 is 0 Å². The number of fused-ring (bicyclic) bond motifs is 1. The molecule has 3 heterocycles. The number of anilines is 1. The van der Waals surface area contributed by atoms with Crippen LogP contribution in [0, 0.1) is 6.92 Å². The van der Waals surface area contributed by atoms with Gasteiger partial charge >= 0.3 is 0 Å². The molecule has 8 nitrogen and oxygen atoms in total. The fourth-order valence-electron chi connectivity index (χ4n) is 2.52. The van der Waals surface area contributed by atoms with Gasteiger partial charge in [-0.1, -0.05) is 12.1 Å². The molecule has 0 unspecified atom stereocenters. The van der Waals surface area contributed by atoms with Crippen molar-refractivity contribution in [3.8, 4) is 11.1 Å². The van der Waals surface area contributed by atoms with Gasteiger partial charge in [0.15, 0.2) is 5.65 Å². The van der Waals surface area contributed by atoms with Crippen molar-refractivity contribution in [2.24, 2.45) is 0 Å². The summed E-state index contributed by atoms with van der Waals surface area (Å²) >= 11 is 0. The van der Waals surface area contributed by atoms with E-state index in [-0.39, 0.29) is 4.90 Å². The summed E-state index contributed by atoms with van der Waals surface area (Å²) in [5, 5.41) is 10.9.